The third kappa shape index (κ3) is 2.74. The van der Waals surface area contributed by atoms with Crippen LogP contribution in [0.1, 0.15) is 0 Å². The second-order valence-corrected chi connectivity index (χ2v) is 5.74. The predicted octanol–water partition coefficient (Wildman–Crippen LogP) is -3.58. The minimum absolute atomic E-state index is 1.36. The van der Waals surface area contributed by atoms with Crippen LogP contribution in [0.25, 0.3) is 0 Å². The van der Waals surface area contributed by atoms with Crippen molar-refractivity contribution in [3.05, 3.63) is 0 Å². The van der Waals surface area contributed by atoms with E-state index in [0.717, 1.165) is 0 Å². The summed E-state index contributed by atoms with van der Waals surface area (Å²) in [7, 11) is -3.50. The molecule has 0 aromatic carbocycles. The molecule has 1 saturated carbocycles. The summed E-state index contributed by atoms with van der Waals surface area (Å²) in [5.41, 5.74) is 0. The van der Waals surface area contributed by atoms with Crippen molar-refractivity contribution in [1.29, 1.82) is 0 Å². The SMILES string of the molecule is O=P(O)(OP)O[C@]1(O)[C@H](O)[C@H](O)[C@@H](O)[C@H](O)[C@H]1O. The van der Waals surface area contributed by atoms with E-state index in [2.05, 4.69) is 8.83 Å². The van der Waals surface area contributed by atoms with Crippen LogP contribution in [-0.2, 0) is 13.4 Å². The molecule has 0 aromatic heterocycles. The molecule has 0 spiro atoms. The third-order valence-electron chi connectivity index (χ3n) is 2.59. The number of rotatable bonds is 3. The molecule has 0 amide bonds. The quantitative estimate of drug-likeness (QED) is 0.204. The first-order valence-corrected chi connectivity index (χ1v) is 6.58. The van der Waals surface area contributed by atoms with Gasteiger partial charge in [-0.05, 0) is 0 Å². The van der Waals surface area contributed by atoms with Crippen molar-refractivity contribution in [3.8, 4) is 0 Å². The topological polar surface area (TPSA) is 177 Å². The maximum atomic E-state index is 11.1. The standard InChI is InChI=1S/C6H14O10P2/c7-1-2(8)4(10)6(12,5(11)3(1)9)15-18(13,14)16-17/h1-5,7-12H,17H2,(H,13,14)/t1-,2-,3+,4-,5-,6-/m1/s1. The highest BCUT2D eigenvalue weighted by atomic mass is 31.2. The van der Waals surface area contributed by atoms with Gasteiger partial charge in [0.2, 0.25) is 5.79 Å². The van der Waals surface area contributed by atoms with Gasteiger partial charge in [-0.15, -0.1) is 0 Å². The van der Waals surface area contributed by atoms with E-state index in [0.29, 0.717) is 0 Å². The normalized spacial score (nSPS) is 48.8. The summed E-state index contributed by atoms with van der Waals surface area (Å²) < 4.78 is 19.1. The first-order chi connectivity index (χ1) is 8.07. The van der Waals surface area contributed by atoms with Gasteiger partial charge in [-0.2, -0.15) is 0 Å². The smallest absolute Gasteiger partial charge is 0.387 e. The van der Waals surface area contributed by atoms with E-state index in [9.17, 15) is 35.2 Å². The number of hydrogen-bond donors (Lipinski definition) is 7. The van der Waals surface area contributed by atoms with Gasteiger partial charge in [0.15, 0.2) is 0 Å². The molecule has 7 N–H and O–H groups in total. The summed E-state index contributed by atoms with van der Waals surface area (Å²) in [6, 6.07) is 0. The number of aliphatic hydroxyl groups is 6. The molecule has 1 rings (SSSR count). The lowest BCUT2D eigenvalue weighted by Crippen LogP contribution is -2.71. The van der Waals surface area contributed by atoms with Crippen LogP contribution in [0, 0.1) is 0 Å². The molecule has 0 saturated heterocycles. The van der Waals surface area contributed by atoms with Crippen LogP contribution in [0.4, 0.5) is 0 Å². The molecule has 0 bridgehead atoms. The summed E-state index contributed by atoms with van der Waals surface area (Å²) >= 11 is 0. The van der Waals surface area contributed by atoms with Crippen molar-refractivity contribution in [1.82, 2.24) is 0 Å². The average molecular weight is 308 g/mol. The maximum absolute atomic E-state index is 11.1. The molecule has 2 unspecified atom stereocenters. The Labute approximate surface area is 103 Å². The van der Waals surface area contributed by atoms with Gasteiger partial charge < -0.3 is 35.5 Å². The Morgan fingerprint density at radius 1 is 1.00 bits per heavy atom. The van der Waals surface area contributed by atoms with E-state index in [1.165, 1.54) is 9.47 Å². The number of aliphatic hydroxyl groups excluding tert-OH is 5. The highest BCUT2D eigenvalue weighted by molar-refractivity contribution is 7.52. The molecule has 1 fully saturated rings. The van der Waals surface area contributed by atoms with E-state index in [1.54, 1.807) is 0 Å². The molecule has 0 radical (unpaired) electrons. The molecular weight excluding hydrogens is 294 g/mol. The lowest BCUT2D eigenvalue weighted by atomic mass is 9.82. The Hall–Kier alpha value is 0.300. The molecule has 0 aliphatic heterocycles. The minimum Gasteiger partial charge on any atom is -0.387 e. The first-order valence-electron chi connectivity index (χ1n) is 4.61. The molecule has 8 atom stereocenters. The van der Waals surface area contributed by atoms with Crippen LogP contribution in [0.15, 0.2) is 0 Å². The van der Waals surface area contributed by atoms with Crippen molar-refractivity contribution in [2.75, 3.05) is 0 Å². The van der Waals surface area contributed by atoms with Gasteiger partial charge in [0.1, 0.15) is 30.5 Å². The summed E-state index contributed by atoms with van der Waals surface area (Å²) in [5.74, 6) is -3.20. The van der Waals surface area contributed by atoms with Crippen molar-refractivity contribution in [2.45, 2.75) is 36.3 Å². The molecule has 1 aliphatic carbocycles. The van der Waals surface area contributed by atoms with Crippen LogP contribution in [0.2, 0.25) is 0 Å². The molecule has 10 nitrogen and oxygen atoms in total. The van der Waals surface area contributed by atoms with Crippen LogP contribution >= 0.6 is 17.3 Å². The summed E-state index contributed by atoms with van der Waals surface area (Å²) in [6.07, 6.45) is -10.9. The van der Waals surface area contributed by atoms with Crippen LogP contribution in [-0.4, -0.2) is 71.8 Å². The van der Waals surface area contributed by atoms with E-state index < -0.39 is 44.1 Å². The number of phosphoric acid groups is 1. The van der Waals surface area contributed by atoms with Gasteiger partial charge in [-0.3, -0.25) is 4.31 Å². The van der Waals surface area contributed by atoms with Gasteiger partial charge in [-0.25, -0.2) is 9.09 Å². The summed E-state index contributed by atoms with van der Waals surface area (Å²) in [6.45, 7) is 0. The Kier molecular flexibility index (Phi) is 4.86. The minimum atomic E-state index is -4.87. The van der Waals surface area contributed by atoms with Crippen LogP contribution < -0.4 is 0 Å². The molecule has 12 heteroatoms. The van der Waals surface area contributed by atoms with Gasteiger partial charge in [-0.1, -0.05) is 0 Å². The largest absolute Gasteiger partial charge is 0.477 e. The Balaban J connectivity index is 3.07. The van der Waals surface area contributed by atoms with Crippen molar-refractivity contribution >= 4 is 17.3 Å². The van der Waals surface area contributed by atoms with Crippen molar-refractivity contribution in [2.24, 2.45) is 0 Å². The molecular formula is C6H14O10P2. The molecule has 18 heavy (non-hydrogen) atoms. The molecule has 108 valence electrons. The van der Waals surface area contributed by atoms with E-state index in [1.807, 2.05) is 0 Å². The Morgan fingerprint density at radius 3 is 1.72 bits per heavy atom. The highest BCUT2D eigenvalue weighted by Gasteiger charge is 2.61. The van der Waals surface area contributed by atoms with Crippen molar-refractivity contribution in [3.63, 3.8) is 0 Å². The second-order valence-electron chi connectivity index (χ2n) is 3.78. The fourth-order valence-corrected chi connectivity index (χ4v) is 2.31. The first kappa shape index (κ1) is 16.4. The Morgan fingerprint density at radius 2 is 1.39 bits per heavy atom. The van der Waals surface area contributed by atoms with E-state index >= 15 is 0 Å². The number of phosphoric ester groups is 1. The van der Waals surface area contributed by atoms with Gasteiger partial charge >= 0.3 is 7.82 Å². The van der Waals surface area contributed by atoms with Gasteiger partial charge in [0.05, 0.1) is 0 Å². The zero-order valence-electron chi connectivity index (χ0n) is 8.77. The second kappa shape index (κ2) is 5.35. The van der Waals surface area contributed by atoms with E-state index in [-0.39, 0.29) is 0 Å². The van der Waals surface area contributed by atoms with Crippen molar-refractivity contribution < 1.29 is 48.9 Å². The zero-order valence-corrected chi connectivity index (χ0v) is 10.8. The lowest BCUT2D eigenvalue weighted by Gasteiger charge is -2.46. The third-order valence-corrected chi connectivity index (χ3v) is 4.18. The Bertz CT molecular complexity index is 333. The highest BCUT2D eigenvalue weighted by Crippen LogP contribution is 2.51. The summed E-state index contributed by atoms with van der Waals surface area (Å²) in [5, 5.41) is 56.5. The maximum Gasteiger partial charge on any atom is 0.477 e. The molecule has 0 aromatic rings. The summed E-state index contributed by atoms with van der Waals surface area (Å²) in [4.78, 5) is 9.00. The monoisotopic (exact) mass is 308 g/mol. The van der Waals surface area contributed by atoms with Gasteiger partial charge in [0, 0.05) is 9.47 Å². The fourth-order valence-electron chi connectivity index (χ4n) is 1.55. The lowest BCUT2D eigenvalue weighted by molar-refractivity contribution is -0.336. The van der Waals surface area contributed by atoms with Gasteiger partial charge in [0.25, 0.3) is 0 Å². The molecule has 0 heterocycles. The fraction of sp³-hybridized carbons (Fsp3) is 1.00. The number of hydrogen-bond acceptors (Lipinski definition) is 9. The average Bonchev–Trinajstić information content (AvgIpc) is 2.32. The predicted molar refractivity (Wildman–Crippen MR) is 56.7 cm³/mol. The van der Waals surface area contributed by atoms with Crippen LogP contribution in [0.3, 0.4) is 0 Å². The molecule has 1 aliphatic rings. The van der Waals surface area contributed by atoms with E-state index in [4.69, 9.17) is 4.89 Å². The zero-order chi connectivity index (χ0) is 14.3. The van der Waals surface area contributed by atoms with Crippen LogP contribution in [0.5, 0.6) is 0 Å².